The molecule has 0 aliphatic carbocycles. The van der Waals surface area contributed by atoms with E-state index in [1.807, 2.05) is 6.92 Å². The second-order valence-electron chi connectivity index (χ2n) is 6.75. The Morgan fingerprint density at radius 1 is 0.893 bits per heavy atom. The van der Waals surface area contributed by atoms with Gasteiger partial charge in [0.2, 0.25) is 10.0 Å². The quantitative estimate of drug-likeness (QED) is 0.770. The van der Waals surface area contributed by atoms with E-state index in [2.05, 4.69) is 4.72 Å². The Hall–Kier alpha value is -2.10. The van der Waals surface area contributed by atoms with Crippen LogP contribution in [0.1, 0.15) is 24.8 Å². The average Bonchev–Trinajstić information content (AvgIpc) is 2.68. The first-order valence-electron chi connectivity index (χ1n) is 9.02. The number of hydrogen-bond acceptors (Lipinski definition) is 5. The van der Waals surface area contributed by atoms with E-state index in [1.54, 1.807) is 12.1 Å². The molecule has 2 aromatic rings. The lowest BCUT2D eigenvalue weighted by Crippen LogP contribution is -2.35. The highest BCUT2D eigenvalue weighted by Gasteiger charge is 2.27. The van der Waals surface area contributed by atoms with Crippen molar-refractivity contribution in [3.05, 3.63) is 48.0 Å². The van der Waals surface area contributed by atoms with Crippen molar-refractivity contribution in [1.29, 1.82) is 0 Å². The number of nitrogens with one attached hydrogen (secondary N) is 1. The van der Waals surface area contributed by atoms with Crippen LogP contribution in [0.25, 0.3) is 0 Å². The first-order chi connectivity index (χ1) is 13.2. The van der Waals surface area contributed by atoms with E-state index in [0.29, 0.717) is 13.1 Å². The third kappa shape index (κ3) is 4.31. The number of rotatable bonds is 6. The molecule has 2 aromatic carbocycles. The molecule has 1 aliphatic rings. The maximum atomic E-state index is 12.9. The third-order valence-corrected chi connectivity index (χ3v) is 7.98. The molecule has 9 heteroatoms. The second-order valence-corrected chi connectivity index (χ2v) is 10.4. The van der Waals surface area contributed by atoms with Crippen LogP contribution in [0.5, 0.6) is 5.75 Å². The fourth-order valence-corrected chi connectivity index (χ4v) is 5.71. The van der Waals surface area contributed by atoms with Gasteiger partial charge in [0.05, 0.1) is 22.6 Å². The van der Waals surface area contributed by atoms with Crippen LogP contribution >= 0.6 is 0 Å². The Labute approximate surface area is 166 Å². The minimum atomic E-state index is -3.89. The summed E-state index contributed by atoms with van der Waals surface area (Å²) in [4.78, 5) is 0.126. The zero-order chi connectivity index (χ0) is 20.4. The molecule has 0 radical (unpaired) electrons. The summed E-state index contributed by atoms with van der Waals surface area (Å²) < 4.78 is 60.4. The Kier molecular flexibility index (Phi) is 5.97. The first kappa shape index (κ1) is 20.6. The van der Waals surface area contributed by atoms with E-state index in [1.165, 1.54) is 41.7 Å². The number of nitrogens with zero attached hydrogens (tertiary/aromatic N) is 1. The Bertz CT molecular complexity index is 1040. The summed E-state index contributed by atoms with van der Waals surface area (Å²) >= 11 is 0. The molecular weight excluding hydrogens is 400 g/mol. The smallest absolute Gasteiger partial charge is 0.262 e. The summed E-state index contributed by atoms with van der Waals surface area (Å²) in [6, 6.07) is 10.6. The van der Waals surface area contributed by atoms with Crippen LogP contribution in [-0.4, -0.2) is 41.3 Å². The monoisotopic (exact) mass is 424 g/mol. The minimum Gasteiger partial charge on any atom is -0.495 e. The van der Waals surface area contributed by atoms with Crippen molar-refractivity contribution in [2.24, 2.45) is 0 Å². The summed E-state index contributed by atoms with van der Waals surface area (Å²) in [6.07, 6.45) is 2.65. The summed E-state index contributed by atoms with van der Waals surface area (Å²) in [5, 5.41) is 0. The molecule has 0 spiro atoms. The van der Waals surface area contributed by atoms with Crippen molar-refractivity contribution in [2.75, 3.05) is 24.9 Å². The van der Waals surface area contributed by atoms with E-state index in [-0.39, 0.29) is 21.2 Å². The molecule has 1 saturated heterocycles. The van der Waals surface area contributed by atoms with Crippen LogP contribution in [0, 0.1) is 6.92 Å². The number of methoxy groups -OCH3 is 1. The van der Waals surface area contributed by atoms with Gasteiger partial charge in [-0.05, 0) is 50.1 Å². The van der Waals surface area contributed by atoms with Crippen LogP contribution in [0.4, 0.5) is 5.69 Å². The molecule has 0 amide bonds. The van der Waals surface area contributed by atoms with Gasteiger partial charge in [-0.2, -0.15) is 4.31 Å². The van der Waals surface area contributed by atoms with Crippen molar-refractivity contribution >= 4 is 25.7 Å². The largest absolute Gasteiger partial charge is 0.495 e. The molecule has 0 bridgehead atoms. The lowest BCUT2D eigenvalue weighted by molar-refractivity contribution is 0.346. The SMILES string of the molecule is COc1ccc(S(=O)(=O)N2CCCCC2)cc1NS(=O)(=O)c1ccc(C)cc1. The van der Waals surface area contributed by atoms with E-state index < -0.39 is 20.0 Å². The summed E-state index contributed by atoms with van der Waals surface area (Å²) in [6.45, 7) is 2.80. The number of anilines is 1. The predicted octanol–water partition coefficient (Wildman–Crippen LogP) is 2.98. The predicted molar refractivity (Wildman–Crippen MR) is 108 cm³/mol. The van der Waals surface area contributed by atoms with Crippen LogP contribution in [0.2, 0.25) is 0 Å². The number of hydrogen-bond donors (Lipinski definition) is 1. The van der Waals surface area contributed by atoms with E-state index in [0.717, 1.165) is 24.8 Å². The number of piperidine rings is 1. The van der Waals surface area contributed by atoms with Crippen molar-refractivity contribution in [1.82, 2.24) is 4.31 Å². The van der Waals surface area contributed by atoms with Gasteiger partial charge in [-0.3, -0.25) is 4.72 Å². The summed E-state index contributed by atoms with van der Waals surface area (Å²) in [5.41, 5.74) is 1.02. The van der Waals surface area contributed by atoms with Crippen LogP contribution in [-0.2, 0) is 20.0 Å². The lowest BCUT2D eigenvalue weighted by atomic mass is 10.2. The van der Waals surface area contributed by atoms with Gasteiger partial charge in [-0.1, -0.05) is 24.1 Å². The highest BCUT2D eigenvalue weighted by atomic mass is 32.2. The third-order valence-electron chi connectivity index (χ3n) is 4.70. The van der Waals surface area contributed by atoms with Gasteiger partial charge >= 0.3 is 0 Å². The standard InChI is InChI=1S/C19H24N2O5S2/c1-15-6-8-16(9-7-15)27(22,23)20-18-14-17(10-11-19(18)26-2)28(24,25)21-12-4-3-5-13-21/h6-11,14,20H,3-5,12-13H2,1-2H3. The second kappa shape index (κ2) is 8.10. The van der Waals surface area contributed by atoms with Crippen LogP contribution < -0.4 is 9.46 Å². The topological polar surface area (TPSA) is 92.8 Å². The molecule has 7 nitrogen and oxygen atoms in total. The van der Waals surface area contributed by atoms with Crippen molar-refractivity contribution in [3.63, 3.8) is 0 Å². The van der Waals surface area contributed by atoms with Crippen LogP contribution in [0.15, 0.2) is 52.3 Å². The molecule has 152 valence electrons. The van der Waals surface area contributed by atoms with E-state index in [4.69, 9.17) is 4.74 Å². The van der Waals surface area contributed by atoms with Gasteiger partial charge in [-0.15, -0.1) is 0 Å². The molecule has 0 saturated carbocycles. The fraction of sp³-hybridized carbons (Fsp3) is 0.368. The zero-order valence-electron chi connectivity index (χ0n) is 15.9. The molecule has 28 heavy (non-hydrogen) atoms. The summed E-state index contributed by atoms with van der Waals surface area (Å²) in [7, 11) is -6.18. The first-order valence-corrected chi connectivity index (χ1v) is 11.9. The molecule has 1 N–H and O–H groups in total. The molecule has 0 atom stereocenters. The van der Waals surface area contributed by atoms with Gasteiger partial charge < -0.3 is 4.74 Å². The van der Waals surface area contributed by atoms with Gasteiger partial charge in [0.1, 0.15) is 5.75 Å². The lowest BCUT2D eigenvalue weighted by Gasteiger charge is -2.26. The molecule has 0 aromatic heterocycles. The number of benzene rings is 2. The van der Waals surface area contributed by atoms with Gasteiger partial charge in [-0.25, -0.2) is 16.8 Å². The molecule has 1 heterocycles. The molecule has 0 unspecified atom stereocenters. The maximum absolute atomic E-state index is 12.9. The Morgan fingerprint density at radius 3 is 2.11 bits per heavy atom. The van der Waals surface area contributed by atoms with E-state index in [9.17, 15) is 16.8 Å². The highest BCUT2D eigenvalue weighted by molar-refractivity contribution is 7.92. The van der Waals surface area contributed by atoms with Gasteiger partial charge in [0.15, 0.2) is 0 Å². The number of aryl methyl sites for hydroxylation is 1. The normalized spacial score (nSPS) is 15.9. The molecule has 3 rings (SSSR count). The molecular formula is C19H24N2O5S2. The molecule has 1 fully saturated rings. The van der Waals surface area contributed by atoms with Crippen molar-refractivity contribution < 1.29 is 21.6 Å². The minimum absolute atomic E-state index is 0.0387. The Morgan fingerprint density at radius 2 is 1.50 bits per heavy atom. The zero-order valence-corrected chi connectivity index (χ0v) is 17.5. The van der Waals surface area contributed by atoms with E-state index >= 15 is 0 Å². The molecule has 1 aliphatic heterocycles. The highest BCUT2D eigenvalue weighted by Crippen LogP contribution is 2.31. The van der Waals surface area contributed by atoms with Gasteiger partial charge in [0, 0.05) is 13.1 Å². The number of ether oxygens (including phenoxy) is 1. The maximum Gasteiger partial charge on any atom is 0.262 e. The van der Waals surface area contributed by atoms with Crippen molar-refractivity contribution in [3.8, 4) is 5.75 Å². The summed E-state index contributed by atoms with van der Waals surface area (Å²) in [5.74, 6) is 0.244. The Balaban J connectivity index is 1.96. The number of sulfonamides is 2. The average molecular weight is 425 g/mol. The fourth-order valence-electron chi connectivity index (χ4n) is 3.10. The van der Waals surface area contributed by atoms with Gasteiger partial charge in [0.25, 0.3) is 10.0 Å². The van der Waals surface area contributed by atoms with Crippen LogP contribution in [0.3, 0.4) is 0 Å². The van der Waals surface area contributed by atoms with Crippen molar-refractivity contribution in [2.45, 2.75) is 36.0 Å².